The van der Waals surface area contributed by atoms with Gasteiger partial charge >= 0.3 is 0 Å². The largest absolute Gasteiger partial charge is 0.350 e. The number of nitrogens with two attached hydrogens (primary N) is 1. The van der Waals surface area contributed by atoms with Crippen molar-refractivity contribution in [2.75, 3.05) is 26.7 Å². The van der Waals surface area contributed by atoms with Crippen molar-refractivity contribution in [1.29, 1.82) is 0 Å². The standard InChI is InChI=1S/C16H20FN3O/c1-20-9-3-5-14(20)11-19-16(21)15-7-6-13(17)10-12(15)4-2-8-18/h6-7,10,14H,3,5,8-9,11,18H2,1H3,(H,19,21). The quantitative estimate of drug-likeness (QED) is 0.815. The predicted molar refractivity (Wildman–Crippen MR) is 80.3 cm³/mol. The van der Waals surface area contributed by atoms with Gasteiger partial charge in [0.15, 0.2) is 0 Å². The molecule has 1 saturated heterocycles. The summed E-state index contributed by atoms with van der Waals surface area (Å²) in [6, 6.07) is 4.36. The minimum Gasteiger partial charge on any atom is -0.350 e. The van der Waals surface area contributed by atoms with Crippen LogP contribution in [0.3, 0.4) is 0 Å². The van der Waals surface area contributed by atoms with Gasteiger partial charge in [0, 0.05) is 18.2 Å². The lowest BCUT2D eigenvalue weighted by atomic mass is 10.1. The molecule has 0 radical (unpaired) electrons. The van der Waals surface area contributed by atoms with E-state index in [2.05, 4.69) is 29.1 Å². The molecule has 0 spiro atoms. The first kappa shape index (κ1) is 15.5. The number of amides is 1. The van der Waals surface area contributed by atoms with Crippen LogP contribution in [0.15, 0.2) is 18.2 Å². The monoisotopic (exact) mass is 289 g/mol. The Balaban J connectivity index is 2.07. The Hall–Kier alpha value is -1.90. The normalized spacial score (nSPS) is 18.1. The Morgan fingerprint density at radius 3 is 3.05 bits per heavy atom. The Bertz CT molecular complexity index is 577. The summed E-state index contributed by atoms with van der Waals surface area (Å²) in [4.78, 5) is 14.5. The Morgan fingerprint density at radius 2 is 2.38 bits per heavy atom. The van der Waals surface area contributed by atoms with Crippen molar-refractivity contribution in [3.8, 4) is 11.8 Å². The van der Waals surface area contributed by atoms with Crippen LogP contribution >= 0.6 is 0 Å². The second-order valence-corrected chi connectivity index (χ2v) is 5.18. The average molecular weight is 289 g/mol. The van der Waals surface area contributed by atoms with Crippen LogP contribution < -0.4 is 11.1 Å². The summed E-state index contributed by atoms with van der Waals surface area (Å²) in [6.45, 7) is 1.82. The highest BCUT2D eigenvalue weighted by Gasteiger charge is 2.21. The SMILES string of the molecule is CN1CCCC1CNC(=O)c1ccc(F)cc1C#CCN. The van der Waals surface area contributed by atoms with Gasteiger partial charge in [0.2, 0.25) is 0 Å². The molecule has 1 aliphatic heterocycles. The van der Waals surface area contributed by atoms with E-state index in [9.17, 15) is 9.18 Å². The number of likely N-dealkylation sites (N-methyl/N-ethyl adjacent to an activating group) is 1. The zero-order chi connectivity index (χ0) is 15.2. The van der Waals surface area contributed by atoms with Crippen molar-refractivity contribution < 1.29 is 9.18 Å². The van der Waals surface area contributed by atoms with E-state index in [0.29, 0.717) is 23.7 Å². The van der Waals surface area contributed by atoms with E-state index < -0.39 is 5.82 Å². The number of rotatable bonds is 3. The van der Waals surface area contributed by atoms with Crippen LogP contribution in [0.1, 0.15) is 28.8 Å². The van der Waals surface area contributed by atoms with E-state index in [-0.39, 0.29) is 12.5 Å². The second-order valence-electron chi connectivity index (χ2n) is 5.18. The maximum atomic E-state index is 13.3. The van der Waals surface area contributed by atoms with Gasteiger partial charge in [-0.1, -0.05) is 11.8 Å². The molecule has 2 rings (SSSR count). The van der Waals surface area contributed by atoms with Crippen molar-refractivity contribution >= 4 is 5.91 Å². The number of benzene rings is 1. The summed E-state index contributed by atoms with van der Waals surface area (Å²) >= 11 is 0. The van der Waals surface area contributed by atoms with E-state index in [4.69, 9.17) is 5.73 Å². The molecule has 0 saturated carbocycles. The lowest BCUT2D eigenvalue weighted by Crippen LogP contribution is -2.38. The van der Waals surface area contributed by atoms with Crippen LogP contribution in [0.5, 0.6) is 0 Å². The topological polar surface area (TPSA) is 58.4 Å². The second kappa shape index (κ2) is 7.21. The number of carbonyl (C=O) groups excluding carboxylic acids is 1. The molecule has 1 aromatic rings. The van der Waals surface area contributed by atoms with E-state index in [1.54, 1.807) is 0 Å². The molecule has 1 aliphatic rings. The molecule has 1 heterocycles. The van der Waals surface area contributed by atoms with Gasteiger partial charge in [-0.3, -0.25) is 4.79 Å². The van der Waals surface area contributed by atoms with Gasteiger partial charge in [0.05, 0.1) is 12.1 Å². The Labute approximate surface area is 124 Å². The third kappa shape index (κ3) is 4.03. The summed E-state index contributed by atoms with van der Waals surface area (Å²) in [5, 5.41) is 2.91. The van der Waals surface area contributed by atoms with Crippen LogP contribution in [-0.4, -0.2) is 43.5 Å². The van der Waals surface area contributed by atoms with Crippen LogP contribution in [0.2, 0.25) is 0 Å². The number of carbonyl (C=O) groups is 1. The highest BCUT2D eigenvalue weighted by atomic mass is 19.1. The number of nitrogens with zero attached hydrogens (tertiary/aromatic N) is 1. The highest BCUT2D eigenvalue weighted by Crippen LogP contribution is 2.14. The van der Waals surface area contributed by atoms with Crippen LogP contribution in [0, 0.1) is 17.7 Å². The van der Waals surface area contributed by atoms with Crippen LogP contribution in [0.4, 0.5) is 4.39 Å². The predicted octanol–water partition coefficient (Wildman–Crippen LogP) is 0.960. The van der Waals surface area contributed by atoms with E-state index in [1.165, 1.54) is 18.2 Å². The summed E-state index contributed by atoms with van der Waals surface area (Å²) in [6.07, 6.45) is 2.24. The maximum absolute atomic E-state index is 13.3. The molecule has 1 unspecified atom stereocenters. The minimum atomic E-state index is -0.414. The molecule has 1 fully saturated rings. The maximum Gasteiger partial charge on any atom is 0.252 e. The fraction of sp³-hybridized carbons (Fsp3) is 0.438. The summed E-state index contributed by atoms with van der Waals surface area (Å²) in [5.41, 5.74) is 6.08. The van der Waals surface area contributed by atoms with Crippen molar-refractivity contribution in [3.05, 3.63) is 35.1 Å². The lowest BCUT2D eigenvalue weighted by molar-refractivity contribution is 0.0943. The van der Waals surface area contributed by atoms with Gasteiger partial charge in [-0.25, -0.2) is 4.39 Å². The molecule has 112 valence electrons. The number of halogens is 1. The number of hydrogen-bond acceptors (Lipinski definition) is 3. The fourth-order valence-electron chi connectivity index (χ4n) is 2.51. The molecule has 5 heteroatoms. The zero-order valence-electron chi connectivity index (χ0n) is 12.2. The summed E-state index contributed by atoms with van der Waals surface area (Å²) in [7, 11) is 2.06. The van der Waals surface area contributed by atoms with Crippen molar-refractivity contribution in [2.45, 2.75) is 18.9 Å². The van der Waals surface area contributed by atoms with Gasteiger partial charge in [-0.05, 0) is 44.6 Å². The van der Waals surface area contributed by atoms with Gasteiger partial charge < -0.3 is 16.0 Å². The molecular formula is C16H20FN3O. The molecule has 3 N–H and O–H groups in total. The molecule has 21 heavy (non-hydrogen) atoms. The molecule has 0 bridgehead atoms. The van der Waals surface area contributed by atoms with E-state index in [1.807, 2.05) is 0 Å². The molecule has 4 nitrogen and oxygen atoms in total. The lowest BCUT2D eigenvalue weighted by Gasteiger charge is -2.19. The smallest absolute Gasteiger partial charge is 0.252 e. The van der Waals surface area contributed by atoms with Crippen molar-refractivity contribution in [1.82, 2.24) is 10.2 Å². The van der Waals surface area contributed by atoms with Gasteiger partial charge in [-0.15, -0.1) is 0 Å². The first-order valence-electron chi connectivity index (χ1n) is 7.08. The first-order valence-corrected chi connectivity index (χ1v) is 7.08. The zero-order valence-corrected chi connectivity index (χ0v) is 12.2. The number of likely N-dealkylation sites (tertiary alicyclic amines) is 1. The van der Waals surface area contributed by atoms with E-state index in [0.717, 1.165) is 19.4 Å². The van der Waals surface area contributed by atoms with Crippen molar-refractivity contribution in [2.24, 2.45) is 5.73 Å². The van der Waals surface area contributed by atoms with Crippen molar-refractivity contribution in [3.63, 3.8) is 0 Å². The first-order chi connectivity index (χ1) is 10.1. The molecule has 0 aliphatic carbocycles. The molecular weight excluding hydrogens is 269 g/mol. The van der Waals surface area contributed by atoms with Crippen LogP contribution in [0.25, 0.3) is 0 Å². The van der Waals surface area contributed by atoms with Gasteiger partial charge in [-0.2, -0.15) is 0 Å². The molecule has 0 aromatic heterocycles. The summed E-state index contributed by atoms with van der Waals surface area (Å²) in [5.74, 6) is 4.76. The van der Waals surface area contributed by atoms with Gasteiger partial charge in [0.25, 0.3) is 5.91 Å². The minimum absolute atomic E-state index is 0.171. The number of nitrogens with one attached hydrogen (secondary N) is 1. The van der Waals surface area contributed by atoms with Gasteiger partial charge in [0.1, 0.15) is 5.82 Å². The Morgan fingerprint density at radius 1 is 1.57 bits per heavy atom. The molecule has 1 aromatic carbocycles. The van der Waals surface area contributed by atoms with E-state index >= 15 is 0 Å². The summed E-state index contributed by atoms with van der Waals surface area (Å²) < 4.78 is 13.3. The third-order valence-electron chi connectivity index (χ3n) is 3.72. The Kier molecular flexibility index (Phi) is 5.32. The third-order valence-corrected chi connectivity index (χ3v) is 3.72. The molecule has 1 amide bonds. The van der Waals surface area contributed by atoms with Crippen LogP contribution in [-0.2, 0) is 0 Å². The number of hydrogen-bond donors (Lipinski definition) is 2. The fourth-order valence-corrected chi connectivity index (χ4v) is 2.51. The molecule has 1 atom stereocenters. The average Bonchev–Trinajstić information content (AvgIpc) is 2.88. The highest BCUT2D eigenvalue weighted by molar-refractivity contribution is 5.96.